The van der Waals surface area contributed by atoms with E-state index in [1.165, 1.54) is 6.33 Å². The highest BCUT2D eigenvalue weighted by Gasteiger charge is 2.30. The van der Waals surface area contributed by atoms with Crippen LogP contribution >= 0.6 is 0 Å². The third kappa shape index (κ3) is 3.42. The normalized spacial score (nSPS) is 15.9. The summed E-state index contributed by atoms with van der Waals surface area (Å²) < 4.78 is 0. The maximum atomic E-state index is 11.6. The van der Waals surface area contributed by atoms with E-state index in [0.29, 0.717) is 32.0 Å². The summed E-state index contributed by atoms with van der Waals surface area (Å²) in [5, 5.41) is 20.7. The van der Waals surface area contributed by atoms with E-state index in [1.807, 2.05) is 18.9 Å². The van der Waals surface area contributed by atoms with Gasteiger partial charge in [0.15, 0.2) is 0 Å². The molecule has 0 saturated carbocycles. The van der Waals surface area contributed by atoms with Crippen LogP contribution in [0.5, 0.6) is 0 Å². The minimum Gasteiger partial charge on any atom is -0.395 e. The summed E-state index contributed by atoms with van der Waals surface area (Å²) in [6.45, 7) is 5.68. The fourth-order valence-electron chi connectivity index (χ4n) is 2.54. The van der Waals surface area contributed by atoms with E-state index in [-0.39, 0.29) is 18.1 Å². The van der Waals surface area contributed by atoms with Gasteiger partial charge in [0.05, 0.1) is 11.5 Å². The van der Waals surface area contributed by atoms with Crippen LogP contribution in [0.1, 0.15) is 6.92 Å². The van der Waals surface area contributed by atoms with Crippen LogP contribution in [0.3, 0.4) is 0 Å². The molecule has 0 spiro atoms. The van der Waals surface area contributed by atoms with Crippen molar-refractivity contribution in [2.45, 2.75) is 6.92 Å². The number of hydrogen-bond acceptors (Lipinski definition) is 8. The first kappa shape index (κ1) is 16.4. The summed E-state index contributed by atoms with van der Waals surface area (Å²) in [7, 11) is 2.03. The van der Waals surface area contributed by atoms with E-state index in [9.17, 15) is 10.1 Å². The molecule has 1 saturated heterocycles. The molecule has 0 atom stereocenters. The topological polar surface area (TPSA) is 98.9 Å². The number of rotatable bonds is 6. The molecule has 0 aliphatic carbocycles. The predicted octanol–water partition coefficient (Wildman–Crippen LogP) is -0.0448. The van der Waals surface area contributed by atoms with Gasteiger partial charge in [-0.3, -0.25) is 10.1 Å². The second kappa shape index (κ2) is 7.32. The molecule has 22 heavy (non-hydrogen) atoms. The fourth-order valence-corrected chi connectivity index (χ4v) is 2.54. The van der Waals surface area contributed by atoms with E-state index in [0.717, 1.165) is 13.1 Å². The summed E-state index contributed by atoms with van der Waals surface area (Å²) >= 11 is 0. The molecule has 1 fully saturated rings. The number of hydrogen-bond donors (Lipinski definition) is 1. The fraction of sp³-hybridized carbons (Fsp3) is 0.692. The van der Waals surface area contributed by atoms with Gasteiger partial charge in [-0.15, -0.1) is 0 Å². The summed E-state index contributed by atoms with van der Waals surface area (Å²) in [6, 6.07) is 0. The monoisotopic (exact) mass is 310 g/mol. The van der Waals surface area contributed by atoms with Crippen molar-refractivity contribution in [2.75, 3.05) is 62.7 Å². The van der Waals surface area contributed by atoms with Crippen molar-refractivity contribution in [3.8, 4) is 0 Å². The van der Waals surface area contributed by atoms with Crippen molar-refractivity contribution in [2.24, 2.45) is 0 Å². The molecule has 1 aromatic heterocycles. The van der Waals surface area contributed by atoms with Gasteiger partial charge in [0.2, 0.25) is 11.6 Å². The lowest BCUT2D eigenvalue weighted by molar-refractivity contribution is -0.383. The maximum absolute atomic E-state index is 11.6. The Morgan fingerprint density at radius 3 is 2.59 bits per heavy atom. The quantitative estimate of drug-likeness (QED) is 0.577. The van der Waals surface area contributed by atoms with Gasteiger partial charge in [0, 0.05) is 39.3 Å². The molecule has 0 radical (unpaired) electrons. The van der Waals surface area contributed by atoms with Gasteiger partial charge >= 0.3 is 5.69 Å². The van der Waals surface area contributed by atoms with Gasteiger partial charge in [-0.1, -0.05) is 0 Å². The predicted molar refractivity (Wildman–Crippen MR) is 83.4 cm³/mol. The van der Waals surface area contributed by atoms with E-state index in [1.54, 1.807) is 4.90 Å². The lowest BCUT2D eigenvalue weighted by Crippen LogP contribution is -2.45. The zero-order chi connectivity index (χ0) is 16.1. The first-order chi connectivity index (χ1) is 10.6. The average molecular weight is 310 g/mol. The highest BCUT2D eigenvalue weighted by Crippen LogP contribution is 2.34. The minimum atomic E-state index is -0.428. The highest BCUT2D eigenvalue weighted by atomic mass is 16.6. The molecule has 9 nitrogen and oxygen atoms in total. The molecule has 1 N–H and O–H groups in total. The first-order valence-electron chi connectivity index (χ1n) is 7.37. The SMILES string of the molecule is CCN(CCO)c1ncnc(N2CCN(C)CC2)c1[N+](=O)[O-]. The van der Waals surface area contributed by atoms with Crippen LogP contribution in [0.25, 0.3) is 0 Å². The van der Waals surface area contributed by atoms with Crippen LogP contribution in [0.4, 0.5) is 17.3 Å². The van der Waals surface area contributed by atoms with E-state index < -0.39 is 4.92 Å². The van der Waals surface area contributed by atoms with Crippen molar-refractivity contribution in [1.82, 2.24) is 14.9 Å². The van der Waals surface area contributed by atoms with Crippen LogP contribution in [-0.4, -0.2) is 77.8 Å². The molecule has 0 unspecified atom stereocenters. The van der Waals surface area contributed by atoms with Crippen molar-refractivity contribution in [1.29, 1.82) is 0 Å². The Kier molecular flexibility index (Phi) is 5.45. The molecule has 2 rings (SSSR count). The Hall–Kier alpha value is -2.00. The number of aromatic nitrogens is 2. The second-order valence-corrected chi connectivity index (χ2v) is 5.22. The molecule has 0 bridgehead atoms. The molecule has 2 heterocycles. The molecule has 1 aromatic rings. The van der Waals surface area contributed by atoms with Gasteiger partial charge in [-0.2, -0.15) is 0 Å². The Balaban J connectivity index is 2.39. The zero-order valence-corrected chi connectivity index (χ0v) is 13.0. The third-order valence-corrected chi connectivity index (χ3v) is 3.82. The first-order valence-corrected chi connectivity index (χ1v) is 7.37. The summed E-state index contributed by atoms with van der Waals surface area (Å²) in [5.74, 6) is 0.630. The minimum absolute atomic E-state index is 0.0812. The molecule has 0 amide bonds. The Labute approximate surface area is 129 Å². The molecule has 9 heteroatoms. The number of aliphatic hydroxyl groups is 1. The Morgan fingerprint density at radius 2 is 2.05 bits per heavy atom. The Morgan fingerprint density at radius 1 is 1.36 bits per heavy atom. The van der Waals surface area contributed by atoms with Crippen LogP contribution in [0, 0.1) is 10.1 Å². The van der Waals surface area contributed by atoms with Crippen molar-refractivity contribution < 1.29 is 10.0 Å². The zero-order valence-electron chi connectivity index (χ0n) is 13.0. The number of likely N-dealkylation sites (N-methyl/N-ethyl adjacent to an activating group) is 2. The number of anilines is 2. The van der Waals surface area contributed by atoms with Gasteiger partial charge in [0.25, 0.3) is 0 Å². The lowest BCUT2D eigenvalue weighted by atomic mass is 10.3. The molecular formula is C13H22N6O3. The summed E-state index contributed by atoms with van der Waals surface area (Å²) in [4.78, 5) is 25.2. The van der Waals surface area contributed by atoms with E-state index in [2.05, 4.69) is 14.9 Å². The number of nitrogens with zero attached hydrogens (tertiary/aromatic N) is 6. The average Bonchev–Trinajstić information content (AvgIpc) is 2.52. The Bertz CT molecular complexity index is 518. The number of piperazine rings is 1. The van der Waals surface area contributed by atoms with Crippen molar-refractivity contribution >= 4 is 17.3 Å². The van der Waals surface area contributed by atoms with Gasteiger partial charge < -0.3 is 19.8 Å². The summed E-state index contributed by atoms with van der Waals surface area (Å²) in [6.07, 6.45) is 1.36. The van der Waals surface area contributed by atoms with Gasteiger partial charge in [0.1, 0.15) is 6.33 Å². The molecule has 1 aliphatic heterocycles. The van der Waals surface area contributed by atoms with Crippen LogP contribution < -0.4 is 9.80 Å². The second-order valence-electron chi connectivity index (χ2n) is 5.22. The molecular weight excluding hydrogens is 288 g/mol. The number of aliphatic hydroxyl groups excluding tert-OH is 1. The van der Waals surface area contributed by atoms with Crippen molar-refractivity contribution in [3.63, 3.8) is 0 Å². The smallest absolute Gasteiger partial charge is 0.353 e. The number of nitro groups is 1. The highest BCUT2D eigenvalue weighted by molar-refractivity contribution is 5.71. The standard InChI is InChI=1S/C13H22N6O3/c1-3-17(8-9-20)12-11(19(21)22)13(15-10-14-12)18-6-4-16(2)5-7-18/h10,20H,3-9H2,1-2H3. The largest absolute Gasteiger partial charge is 0.395 e. The maximum Gasteiger partial charge on any atom is 0.353 e. The third-order valence-electron chi connectivity index (χ3n) is 3.82. The van der Waals surface area contributed by atoms with Gasteiger partial charge in [-0.05, 0) is 14.0 Å². The van der Waals surface area contributed by atoms with E-state index >= 15 is 0 Å². The summed E-state index contributed by atoms with van der Waals surface area (Å²) in [5.41, 5.74) is -0.0812. The van der Waals surface area contributed by atoms with Crippen molar-refractivity contribution in [3.05, 3.63) is 16.4 Å². The molecule has 1 aliphatic rings. The molecule has 0 aromatic carbocycles. The van der Waals surface area contributed by atoms with Crippen LogP contribution in [0.2, 0.25) is 0 Å². The van der Waals surface area contributed by atoms with Crippen LogP contribution in [-0.2, 0) is 0 Å². The lowest BCUT2D eigenvalue weighted by Gasteiger charge is -2.33. The van der Waals surface area contributed by atoms with Crippen LogP contribution in [0.15, 0.2) is 6.33 Å². The van der Waals surface area contributed by atoms with Gasteiger partial charge in [-0.25, -0.2) is 9.97 Å². The molecule has 122 valence electrons. The van der Waals surface area contributed by atoms with E-state index in [4.69, 9.17) is 5.11 Å².